The Labute approximate surface area is 183 Å². The van der Waals surface area contributed by atoms with Crippen LogP contribution in [0.5, 0.6) is 0 Å². The van der Waals surface area contributed by atoms with Crippen LogP contribution in [0.2, 0.25) is 0 Å². The van der Waals surface area contributed by atoms with Crippen LogP contribution in [0.1, 0.15) is 90.4 Å². The van der Waals surface area contributed by atoms with Crippen LogP contribution in [0.25, 0.3) is 0 Å². The first-order chi connectivity index (χ1) is 14.6. The Morgan fingerprint density at radius 2 is 1.97 bits per heavy atom. The standard InChI is InChI=1S/C26H43NO3/c1-2-3-5-11-22(28)13-14-23-24-18-20(17-21(24)19-25(23)29)10-6-7-12-26(30)27-15-8-4-9-16-27/h10,13-14,21-25,28-29H,2-9,11-12,15-19H2,1H3/b14-13+,20-10?/t21-,22-,23+,24-,25+/m0/s1. The molecule has 1 aliphatic heterocycles. The smallest absolute Gasteiger partial charge is 0.222 e. The number of unbranched alkanes of at least 4 members (excludes halogenated alkanes) is 3. The number of nitrogens with zero attached hydrogens (tertiary/aromatic N) is 1. The van der Waals surface area contributed by atoms with E-state index in [1.54, 1.807) is 0 Å². The normalized spacial score (nSPS) is 31.6. The Hall–Kier alpha value is -1.13. The Morgan fingerprint density at radius 3 is 2.73 bits per heavy atom. The van der Waals surface area contributed by atoms with E-state index >= 15 is 0 Å². The molecule has 170 valence electrons. The van der Waals surface area contributed by atoms with E-state index in [2.05, 4.69) is 19.1 Å². The number of carbonyl (C=O) groups is 1. The van der Waals surface area contributed by atoms with Crippen molar-refractivity contribution in [1.29, 1.82) is 0 Å². The van der Waals surface area contributed by atoms with Crippen molar-refractivity contribution in [3.63, 3.8) is 0 Å². The molecular formula is C26H43NO3. The molecule has 0 radical (unpaired) electrons. The van der Waals surface area contributed by atoms with Crippen LogP contribution in [0.4, 0.5) is 0 Å². The van der Waals surface area contributed by atoms with Gasteiger partial charge in [0.25, 0.3) is 0 Å². The van der Waals surface area contributed by atoms with E-state index in [0.29, 0.717) is 24.2 Å². The molecule has 1 heterocycles. The predicted octanol–water partition coefficient (Wildman–Crippen LogP) is 5.00. The van der Waals surface area contributed by atoms with Gasteiger partial charge in [-0.05, 0) is 69.6 Å². The molecule has 3 fully saturated rings. The second-order valence-electron chi connectivity index (χ2n) is 9.86. The molecule has 2 saturated carbocycles. The molecule has 3 aliphatic rings. The second-order valence-corrected chi connectivity index (χ2v) is 9.86. The van der Waals surface area contributed by atoms with Crippen molar-refractivity contribution >= 4 is 5.91 Å². The van der Waals surface area contributed by atoms with Crippen LogP contribution in [0, 0.1) is 17.8 Å². The number of allylic oxidation sites excluding steroid dienone is 2. The van der Waals surface area contributed by atoms with Gasteiger partial charge in [-0.2, -0.15) is 0 Å². The molecule has 4 heteroatoms. The van der Waals surface area contributed by atoms with E-state index in [9.17, 15) is 15.0 Å². The van der Waals surface area contributed by atoms with Crippen LogP contribution in [-0.4, -0.2) is 46.3 Å². The first-order valence-electron chi connectivity index (χ1n) is 12.6. The molecule has 30 heavy (non-hydrogen) atoms. The van der Waals surface area contributed by atoms with E-state index in [-0.39, 0.29) is 18.1 Å². The van der Waals surface area contributed by atoms with E-state index in [1.807, 2.05) is 11.0 Å². The minimum Gasteiger partial charge on any atom is -0.392 e. The summed E-state index contributed by atoms with van der Waals surface area (Å²) >= 11 is 0. The highest BCUT2D eigenvalue weighted by molar-refractivity contribution is 5.76. The van der Waals surface area contributed by atoms with Gasteiger partial charge in [0.05, 0.1) is 12.2 Å². The lowest BCUT2D eigenvalue weighted by atomic mass is 9.90. The Kier molecular flexibility index (Phi) is 9.45. The summed E-state index contributed by atoms with van der Waals surface area (Å²) in [5, 5.41) is 20.7. The van der Waals surface area contributed by atoms with Crippen molar-refractivity contribution in [1.82, 2.24) is 4.90 Å². The number of aliphatic hydroxyl groups excluding tert-OH is 2. The lowest BCUT2D eigenvalue weighted by molar-refractivity contribution is -0.132. The van der Waals surface area contributed by atoms with Crippen LogP contribution in [0.15, 0.2) is 23.8 Å². The highest BCUT2D eigenvalue weighted by Crippen LogP contribution is 2.50. The first kappa shape index (κ1) is 23.5. The minimum absolute atomic E-state index is 0.183. The van der Waals surface area contributed by atoms with Gasteiger partial charge in [0, 0.05) is 25.4 Å². The minimum atomic E-state index is -0.378. The van der Waals surface area contributed by atoms with Gasteiger partial charge in [-0.3, -0.25) is 4.79 Å². The van der Waals surface area contributed by atoms with Crippen LogP contribution in [0.3, 0.4) is 0 Å². The molecule has 2 N–H and O–H groups in total. The topological polar surface area (TPSA) is 60.8 Å². The number of aliphatic hydroxyl groups is 2. The zero-order chi connectivity index (χ0) is 21.3. The number of hydrogen-bond donors (Lipinski definition) is 2. The summed E-state index contributed by atoms with van der Waals surface area (Å²) in [5.41, 5.74) is 1.52. The number of hydrogen-bond acceptors (Lipinski definition) is 3. The summed E-state index contributed by atoms with van der Waals surface area (Å²) in [5.74, 6) is 1.61. The zero-order valence-corrected chi connectivity index (χ0v) is 19.0. The Bertz CT molecular complexity index is 593. The monoisotopic (exact) mass is 417 g/mol. The molecule has 3 rings (SSSR count). The van der Waals surface area contributed by atoms with Gasteiger partial charge in [0.1, 0.15) is 0 Å². The Balaban J connectivity index is 1.41. The quantitative estimate of drug-likeness (QED) is 0.388. The fraction of sp³-hybridized carbons (Fsp3) is 0.808. The number of amides is 1. The average molecular weight is 418 g/mol. The Morgan fingerprint density at radius 1 is 1.17 bits per heavy atom. The molecule has 0 aromatic carbocycles. The van der Waals surface area contributed by atoms with E-state index in [1.165, 1.54) is 24.8 Å². The van der Waals surface area contributed by atoms with E-state index in [4.69, 9.17) is 0 Å². The number of likely N-dealkylation sites (tertiary alicyclic amines) is 1. The van der Waals surface area contributed by atoms with Crippen molar-refractivity contribution in [2.75, 3.05) is 13.1 Å². The molecule has 0 aromatic heterocycles. The molecule has 1 saturated heterocycles. The van der Waals surface area contributed by atoms with Crippen LogP contribution >= 0.6 is 0 Å². The molecule has 4 nitrogen and oxygen atoms in total. The fourth-order valence-electron chi connectivity index (χ4n) is 5.76. The first-order valence-corrected chi connectivity index (χ1v) is 12.6. The molecule has 1 amide bonds. The van der Waals surface area contributed by atoms with Gasteiger partial charge in [0.2, 0.25) is 5.91 Å². The molecule has 0 unspecified atom stereocenters. The SMILES string of the molecule is CCCCC[C@H](O)/C=C/[C@@H]1[C@H]2CC(=CCCCC(=O)N3CCCCC3)C[C@H]2C[C@H]1O. The van der Waals surface area contributed by atoms with Crippen molar-refractivity contribution in [3.05, 3.63) is 23.8 Å². The molecule has 0 aromatic rings. The maximum absolute atomic E-state index is 12.3. The largest absolute Gasteiger partial charge is 0.392 e. The fourth-order valence-corrected chi connectivity index (χ4v) is 5.76. The van der Waals surface area contributed by atoms with Gasteiger partial charge in [0.15, 0.2) is 0 Å². The summed E-state index contributed by atoms with van der Waals surface area (Å²) in [4.78, 5) is 14.3. The maximum Gasteiger partial charge on any atom is 0.222 e. The summed E-state index contributed by atoms with van der Waals surface area (Å²) < 4.78 is 0. The molecule has 0 spiro atoms. The van der Waals surface area contributed by atoms with Crippen molar-refractivity contribution < 1.29 is 15.0 Å². The highest BCUT2D eigenvalue weighted by atomic mass is 16.3. The lowest BCUT2D eigenvalue weighted by Gasteiger charge is -2.26. The van der Waals surface area contributed by atoms with Crippen molar-refractivity contribution in [3.8, 4) is 0 Å². The third kappa shape index (κ3) is 6.68. The van der Waals surface area contributed by atoms with Crippen molar-refractivity contribution in [2.45, 2.75) is 103 Å². The van der Waals surface area contributed by atoms with Crippen LogP contribution in [-0.2, 0) is 4.79 Å². The lowest BCUT2D eigenvalue weighted by Crippen LogP contribution is -2.35. The summed E-state index contributed by atoms with van der Waals surface area (Å²) in [6.45, 7) is 4.08. The number of piperidine rings is 1. The number of fused-ring (bicyclic) bond motifs is 1. The van der Waals surface area contributed by atoms with Crippen molar-refractivity contribution in [2.24, 2.45) is 17.8 Å². The van der Waals surface area contributed by atoms with Gasteiger partial charge in [-0.25, -0.2) is 0 Å². The molecule has 2 aliphatic carbocycles. The molecule has 5 atom stereocenters. The molecular weight excluding hydrogens is 374 g/mol. The van der Waals surface area contributed by atoms with E-state index < -0.39 is 0 Å². The maximum atomic E-state index is 12.3. The van der Waals surface area contributed by atoms with Gasteiger partial charge >= 0.3 is 0 Å². The molecule has 0 bridgehead atoms. The number of rotatable bonds is 10. The average Bonchev–Trinajstić information content (AvgIpc) is 3.26. The second kappa shape index (κ2) is 12.0. The van der Waals surface area contributed by atoms with Crippen LogP contribution < -0.4 is 0 Å². The summed E-state index contributed by atoms with van der Waals surface area (Å²) in [7, 11) is 0. The van der Waals surface area contributed by atoms with Gasteiger partial charge in [-0.15, -0.1) is 0 Å². The summed E-state index contributed by atoms with van der Waals surface area (Å²) in [6.07, 6.45) is 19.3. The highest BCUT2D eigenvalue weighted by Gasteiger charge is 2.44. The van der Waals surface area contributed by atoms with Gasteiger partial charge in [-0.1, -0.05) is 50.0 Å². The zero-order valence-electron chi connectivity index (χ0n) is 19.0. The third-order valence-electron chi connectivity index (χ3n) is 7.51. The third-order valence-corrected chi connectivity index (χ3v) is 7.51. The van der Waals surface area contributed by atoms with E-state index in [0.717, 1.165) is 70.9 Å². The summed E-state index contributed by atoms with van der Waals surface area (Å²) in [6, 6.07) is 0. The number of carbonyl (C=O) groups excluding carboxylic acids is 1. The predicted molar refractivity (Wildman–Crippen MR) is 122 cm³/mol. The van der Waals surface area contributed by atoms with Gasteiger partial charge < -0.3 is 15.1 Å².